The third-order valence-corrected chi connectivity index (χ3v) is 3.78. The van der Waals surface area contributed by atoms with Gasteiger partial charge in [0.15, 0.2) is 11.5 Å². The summed E-state index contributed by atoms with van der Waals surface area (Å²) in [6, 6.07) is 7.31. The third-order valence-electron chi connectivity index (χ3n) is 3.78. The van der Waals surface area contributed by atoms with Gasteiger partial charge in [0.25, 0.3) is 0 Å². The van der Waals surface area contributed by atoms with E-state index in [1.165, 1.54) is 51.7 Å². The summed E-state index contributed by atoms with van der Waals surface area (Å²) in [6.45, 7) is 0. The van der Waals surface area contributed by atoms with Crippen LogP contribution in [0.25, 0.3) is 22.3 Å². The van der Waals surface area contributed by atoms with Crippen molar-refractivity contribution in [1.82, 2.24) is 0 Å². The number of methoxy groups -OCH3 is 3. The monoisotopic (exact) mass is 345 g/mol. The van der Waals surface area contributed by atoms with Crippen molar-refractivity contribution in [2.24, 2.45) is 0 Å². The van der Waals surface area contributed by atoms with Gasteiger partial charge in [0.1, 0.15) is 16.9 Å². The molecule has 3 aromatic rings. The first kappa shape index (κ1) is 16.5. The minimum Gasteiger partial charge on any atom is -0.507 e. The molecule has 2 aromatic carbocycles. The first-order valence-corrected chi connectivity index (χ1v) is 7.30. The van der Waals surface area contributed by atoms with Crippen LogP contribution in [0.15, 0.2) is 34.7 Å². The molecule has 3 rings (SSSR count). The van der Waals surface area contributed by atoms with Crippen LogP contribution in [-0.2, 0) is 0 Å². The number of hydrogen-bond donors (Lipinski definition) is 3. The van der Waals surface area contributed by atoms with Crippen molar-refractivity contribution in [3.8, 4) is 45.8 Å². The molecule has 0 unspecified atom stereocenters. The zero-order valence-corrected chi connectivity index (χ0v) is 13.9. The highest BCUT2D eigenvalue weighted by atomic mass is 16.5. The molecule has 0 radical (unpaired) electrons. The SMILES string of the molecule is COc1cc(-c2[o+]c3cc(O)cc(OC)c3cc2O)cc(OC)c1O. The third kappa shape index (κ3) is 2.80. The summed E-state index contributed by atoms with van der Waals surface area (Å²) in [5.74, 6) is 0.471. The standard InChI is InChI=1S/C18H16O7/c1-22-13-6-10(19)7-14-11(13)8-12(20)18(25-14)9-4-15(23-2)17(21)16(5-9)24-3/h4-8H,1-3H3,(H2-,19,20,21)/p+1. The van der Waals surface area contributed by atoms with Gasteiger partial charge in [-0.15, -0.1) is 0 Å². The Morgan fingerprint density at radius 1 is 0.760 bits per heavy atom. The van der Waals surface area contributed by atoms with E-state index in [2.05, 4.69) is 0 Å². The molecule has 0 aliphatic heterocycles. The molecule has 0 spiro atoms. The van der Waals surface area contributed by atoms with Gasteiger partial charge in [-0.25, -0.2) is 4.42 Å². The van der Waals surface area contributed by atoms with Crippen LogP contribution in [0.4, 0.5) is 0 Å². The highest BCUT2D eigenvalue weighted by molar-refractivity contribution is 5.89. The topological polar surface area (TPSA) is 99.7 Å². The summed E-state index contributed by atoms with van der Waals surface area (Å²) in [6.07, 6.45) is 0. The molecule has 25 heavy (non-hydrogen) atoms. The second-order valence-electron chi connectivity index (χ2n) is 5.25. The van der Waals surface area contributed by atoms with Crippen molar-refractivity contribution >= 4 is 11.0 Å². The Balaban J connectivity index is 2.27. The largest absolute Gasteiger partial charge is 0.507 e. The number of rotatable bonds is 4. The van der Waals surface area contributed by atoms with E-state index in [1.54, 1.807) is 0 Å². The molecule has 1 aromatic heterocycles. The lowest BCUT2D eigenvalue weighted by Gasteiger charge is -2.09. The molecule has 0 bridgehead atoms. The second kappa shape index (κ2) is 6.27. The molecule has 0 aliphatic rings. The van der Waals surface area contributed by atoms with Gasteiger partial charge in [0.05, 0.1) is 33.0 Å². The summed E-state index contributed by atoms with van der Waals surface area (Å²) in [7, 11) is 4.26. The summed E-state index contributed by atoms with van der Waals surface area (Å²) in [5.41, 5.74) is 0.740. The van der Waals surface area contributed by atoms with Gasteiger partial charge in [-0.2, -0.15) is 0 Å². The van der Waals surface area contributed by atoms with Gasteiger partial charge in [-0.1, -0.05) is 0 Å². The maximum absolute atomic E-state index is 10.4. The molecule has 0 atom stereocenters. The van der Waals surface area contributed by atoms with Crippen molar-refractivity contribution in [2.75, 3.05) is 21.3 Å². The second-order valence-corrected chi connectivity index (χ2v) is 5.25. The average Bonchev–Trinajstić information content (AvgIpc) is 2.61. The van der Waals surface area contributed by atoms with E-state index in [4.69, 9.17) is 18.6 Å². The van der Waals surface area contributed by atoms with Crippen LogP contribution in [-0.4, -0.2) is 36.6 Å². The van der Waals surface area contributed by atoms with E-state index < -0.39 is 0 Å². The van der Waals surface area contributed by atoms with Gasteiger partial charge >= 0.3 is 11.3 Å². The molecule has 1 heterocycles. The van der Waals surface area contributed by atoms with Crippen LogP contribution in [0.2, 0.25) is 0 Å². The molecular formula is C18H17O7+. The minimum absolute atomic E-state index is 0.0365. The fourth-order valence-corrected chi connectivity index (χ4v) is 2.58. The highest BCUT2D eigenvalue weighted by Gasteiger charge is 2.26. The van der Waals surface area contributed by atoms with E-state index in [0.29, 0.717) is 22.3 Å². The van der Waals surface area contributed by atoms with Crippen LogP contribution < -0.4 is 14.2 Å². The first-order chi connectivity index (χ1) is 12.0. The van der Waals surface area contributed by atoms with Gasteiger partial charge in [0, 0.05) is 24.3 Å². The van der Waals surface area contributed by atoms with Crippen molar-refractivity contribution in [3.05, 3.63) is 30.3 Å². The van der Waals surface area contributed by atoms with E-state index in [1.807, 2.05) is 0 Å². The fourth-order valence-electron chi connectivity index (χ4n) is 2.58. The first-order valence-electron chi connectivity index (χ1n) is 7.30. The average molecular weight is 345 g/mol. The van der Waals surface area contributed by atoms with E-state index in [0.717, 1.165) is 0 Å². The van der Waals surface area contributed by atoms with Crippen molar-refractivity contribution < 1.29 is 33.9 Å². The van der Waals surface area contributed by atoms with Crippen LogP contribution in [0, 0.1) is 0 Å². The van der Waals surface area contributed by atoms with Crippen LogP contribution in [0.5, 0.6) is 34.5 Å². The van der Waals surface area contributed by atoms with E-state index in [-0.39, 0.29) is 34.5 Å². The maximum Gasteiger partial charge on any atom is 0.402 e. The Bertz CT molecular complexity index is 925. The van der Waals surface area contributed by atoms with Crippen LogP contribution in [0.1, 0.15) is 0 Å². The normalized spacial score (nSPS) is 10.7. The summed E-state index contributed by atoms with van der Waals surface area (Å²) in [4.78, 5) is 0. The fraction of sp³-hybridized carbons (Fsp3) is 0.167. The lowest BCUT2D eigenvalue weighted by atomic mass is 10.1. The molecule has 7 heteroatoms. The number of phenols is 2. The van der Waals surface area contributed by atoms with Gasteiger partial charge in [-0.3, -0.25) is 0 Å². The lowest BCUT2D eigenvalue weighted by Crippen LogP contribution is -1.91. The summed E-state index contributed by atoms with van der Waals surface area (Å²) in [5, 5.41) is 30.7. The number of ether oxygens (including phenoxy) is 3. The molecular weight excluding hydrogens is 328 g/mol. The number of aromatic hydroxyl groups is 3. The highest BCUT2D eigenvalue weighted by Crippen LogP contribution is 2.44. The molecule has 0 amide bonds. The predicted octanol–water partition coefficient (Wildman–Crippen LogP) is 3.52. The molecule has 0 saturated carbocycles. The predicted molar refractivity (Wildman–Crippen MR) is 90.7 cm³/mol. The Kier molecular flexibility index (Phi) is 4.14. The van der Waals surface area contributed by atoms with Crippen molar-refractivity contribution in [3.63, 3.8) is 0 Å². The Morgan fingerprint density at radius 2 is 1.36 bits per heavy atom. The number of fused-ring (bicyclic) bond motifs is 1. The Morgan fingerprint density at radius 3 is 1.92 bits per heavy atom. The van der Waals surface area contributed by atoms with E-state index in [9.17, 15) is 15.3 Å². The number of benzene rings is 2. The molecule has 3 N–H and O–H groups in total. The molecule has 7 nitrogen and oxygen atoms in total. The minimum atomic E-state index is -0.159. The van der Waals surface area contributed by atoms with E-state index >= 15 is 0 Å². The zero-order valence-electron chi connectivity index (χ0n) is 13.9. The zero-order chi connectivity index (χ0) is 18.1. The maximum atomic E-state index is 10.4. The smallest absolute Gasteiger partial charge is 0.402 e. The van der Waals surface area contributed by atoms with Gasteiger partial charge in [-0.05, 0) is 0 Å². The molecule has 0 saturated heterocycles. The number of phenolic OH excluding ortho intramolecular Hbond substituents is 2. The molecule has 130 valence electrons. The lowest BCUT2D eigenvalue weighted by molar-refractivity contribution is 0.340. The Labute approximate surface area is 143 Å². The van der Waals surface area contributed by atoms with Crippen molar-refractivity contribution in [1.29, 1.82) is 0 Å². The van der Waals surface area contributed by atoms with Crippen LogP contribution >= 0.6 is 0 Å². The van der Waals surface area contributed by atoms with Gasteiger partial charge in [0.2, 0.25) is 11.5 Å². The Hall–Kier alpha value is -3.35. The van der Waals surface area contributed by atoms with Crippen molar-refractivity contribution in [2.45, 2.75) is 0 Å². The summed E-state index contributed by atoms with van der Waals surface area (Å²) >= 11 is 0. The summed E-state index contributed by atoms with van der Waals surface area (Å²) < 4.78 is 21.2. The molecule has 0 aliphatic carbocycles. The quantitative estimate of drug-likeness (QED) is 0.622. The number of hydrogen-bond acceptors (Lipinski definition) is 6. The van der Waals surface area contributed by atoms with Gasteiger partial charge < -0.3 is 29.5 Å². The van der Waals surface area contributed by atoms with Crippen LogP contribution in [0.3, 0.4) is 0 Å². The molecule has 0 fully saturated rings.